The number of aromatic hydroxyl groups is 1. The highest BCUT2D eigenvalue weighted by molar-refractivity contribution is 9.12. The number of hydrogen-bond donors (Lipinski definition) is 1. The van der Waals surface area contributed by atoms with E-state index >= 15 is 0 Å². The molecule has 1 N–H and O–H groups in total. The van der Waals surface area contributed by atoms with Gasteiger partial charge >= 0.3 is 11.4 Å². The quantitative estimate of drug-likeness (QED) is 0.150. The minimum atomic E-state index is -1.05. The van der Waals surface area contributed by atoms with Crippen molar-refractivity contribution in [1.29, 1.82) is 0 Å². The number of ether oxygens (including phenoxy) is 1. The summed E-state index contributed by atoms with van der Waals surface area (Å²) < 4.78 is 5.24. The van der Waals surface area contributed by atoms with Crippen LogP contribution in [0.2, 0.25) is 0 Å². The molecule has 0 aromatic heterocycles. The summed E-state index contributed by atoms with van der Waals surface area (Å²) >= 11 is 3.16. The fourth-order valence-corrected chi connectivity index (χ4v) is 7.61. The van der Waals surface area contributed by atoms with Crippen LogP contribution in [0.3, 0.4) is 0 Å². The minimum absolute atomic E-state index is 0.0322. The van der Waals surface area contributed by atoms with Gasteiger partial charge in [0.05, 0.1) is 39.0 Å². The number of fused-ring (bicyclic) bond motifs is 3. The van der Waals surface area contributed by atoms with Gasteiger partial charge in [0.25, 0.3) is 0 Å². The highest BCUT2D eigenvalue weighted by Crippen LogP contribution is 2.57. The minimum Gasteiger partial charge on any atom is -0.507 e. The lowest BCUT2D eigenvalue weighted by Crippen LogP contribution is -2.39. The van der Waals surface area contributed by atoms with Gasteiger partial charge in [-0.05, 0) is 40.8 Å². The molecule has 1 heterocycles. The summed E-state index contributed by atoms with van der Waals surface area (Å²) in [7, 11) is 4.22. The van der Waals surface area contributed by atoms with Crippen LogP contribution in [-0.4, -0.2) is 59.5 Å². The molecule has 0 radical (unpaired) electrons. The topological polar surface area (TPSA) is 190 Å². The van der Waals surface area contributed by atoms with E-state index in [0.717, 1.165) is 17.0 Å². The zero-order valence-corrected chi connectivity index (χ0v) is 26.1. The Balaban J connectivity index is 1.49. The first-order chi connectivity index (χ1) is 21.8. The third-order valence-electron chi connectivity index (χ3n) is 9.03. The Morgan fingerprint density at radius 2 is 1.65 bits per heavy atom. The zero-order valence-electron chi connectivity index (χ0n) is 24.6. The molecule has 0 bridgehead atoms. The summed E-state index contributed by atoms with van der Waals surface area (Å²) in [5.74, 6) is -5.88. The van der Waals surface area contributed by atoms with Gasteiger partial charge in [-0.1, -0.05) is 17.7 Å². The van der Waals surface area contributed by atoms with E-state index < -0.39 is 68.3 Å². The molecule has 46 heavy (non-hydrogen) atoms. The molecule has 2 amide bonds. The smallest absolute Gasteiger partial charge is 0.301 e. The summed E-state index contributed by atoms with van der Waals surface area (Å²) in [6.45, 7) is 0. The first-order valence-electron chi connectivity index (χ1n) is 14.0. The molecule has 0 saturated carbocycles. The fraction of sp³-hybridized carbons (Fsp3) is 0.290. The number of halogens is 1. The Morgan fingerprint density at radius 1 is 1.00 bits per heavy atom. The first kappa shape index (κ1) is 30.8. The predicted octanol–water partition coefficient (Wildman–Crippen LogP) is 4.25. The number of rotatable bonds is 6. The number of allylic oxidation sites excluding steroid dienone is 6. The molecule has 1 aliphatic heterocycles. The van der Waals surface area contributed by atoms with Crippen LogP contribution in [0.1, 0.15) is 24.3 Å². The second kappa shape index (κ2) is 11.0. The average Bonchev–Trinajstić information content (AvgIpc) is 3.27. The molecule has 2 aromatic rings. The number of amides is 2. The fourth-order valence-electron chi connectivity index (χ4n) is 7.17. The number of anilines is 2. The van der Waals surface area contributed by atoms with Crippen molar-refractivity contribution in [3.63, 3.8) is 0 Å². The van der Waals surface area contributed by atoms with Crippen molar-refractivity contribution >= 4 is 62.1 Å². The predicted molar refractivity (Wildman–Crippen MR) is 166 cm³/mol. The summed E-state index contributed by atoms with van der Waals surface area (Å²) in [6, 6.07) is 6.47. The van der Waals surface area contributed by atoms with Crippen molar-refractivity contribution in [2.45, 2.75) is 18.8 Å². The number of Topliss-reactive ketones (excluding diaryl/α,β-unsaturated/α-hetero) is 1. The van der Waals surface area contributed by atoms with Crippen LogP contribution < -0.4 is 14.5 Å². The van der Waals surface area contributed by atoms with E-state index in [1.54, 1.807) is 18.2 Å². The average molecular weight is 693 g/mol. The Hall–Kier alpha value is -5.18. The highest BCUT2D eigenvalue weighted by atomic mass is 79.9. The van der Waals surface area contributed by atoms with Crippen LogP contribution in [0.25, 0.3) is 0 Å². The maximum Gasteiger partial charge on any atom is 0.301 e. The van der Waals surface area contributed by atoms with Gasteiger partial charge in [-0.2, -0.15) is 0 Å². The van der Waals surface area contributed by atoms with E-state index in [2.05, 4.69) is 15.9 Å². The normalized spacial score (nSPS) is 23.8. The molecule has 2 aromatic carbocycles. The van der Waals surface area contributed by atoms with Crippen molar-refractivity contribution in [1.82, 2.24) is 0 Å². The van der Waals surface area contributed by atoms with Crippen LogP contribution in [0, 0.1) is 38.0 Å². The van der Waals surface area contributed by atoms with Gasteiger partial charge in [0.15, 0.2) is 17.3 Å². The lowest BCUT2D eigenvalue weighted by atomic mass is 9.59. The van der Waals surface area contributed by atoms with Gasteiger partial charge in [0.2, 0.25) is 11.8 Å². The van der Waals surface area contributed by atoms with Crippen molar-refractivity contribution < 1.29 is 38.9 Å². The second-order valence-corrected chi connectivity index (χ2v) is 12.4. The zero-order chi connectivity index (χ0) is 33.4. The molecule has 3 aliphatic carbocycles. The van der Waals surface area contributed by atoms with Crippen LogP contribution >= 0.6 is 15.9 Å². The molecule has 4 atom stereocenters. The van der Waals surface area contributed by atoms with Crippen LogP contribution in [-0.2, 0) is 19.2 Å². The lowest BCUT2D eigenvalue weighted by molar-refractivity contribution is -0.392. The van der Waals surface area contributed by atoms with Crippen LogP contribution in [0.15, 0.2) is 63.7 Å². The monoisotopic (exact) mass is 692 g/mol. The van der Waals surface area contributed by atoms with Gasteiger partial charge in [-0.3, -0.25) is 39.4 Å². The Kier molecular flexibility index (Phi) is 7.38. The Bertz CT molecular complexity index is 1880. The van der Waals surface area contributed by atoms with E-state index in [-0.39, 0.29) is 45.6 Å². The number of carbonyl (C=O) groups is 4. The number of nitrogens with zero attached hydrogens (tertiary/aromatic N) is 4. The third kappa shape index (κ3) is 4.52. The number of ketones is 2. The van der Waals surface area contributed by atoms with E-state index in [9.17, 15) is 44.5 Å². The van der Waals surface area contributed by atoms with Crippen molar-refractivity contribution in [3.05, 3.63) is 89.5 Å². The molecule has 0 unspecified atom stereocenters. The highest BCUT2D eigenvalue weighted by Gasteiger charge is 2.57. The Labute approximate surface area is 269 Å². The molecule has 1 saturated heterocycles. The molecule has 6 rings (SSSR count). The second-order valence-electron chi connectivity index (χ2n) is 11.6. The number of benzene rings is 2. The number of carbonyl (C=O) groups excluding carboxylic acids is 4. The molecule has 0 spiro atoms. The molecule has 15 heteroatoms. The first-order valence-corrected chi connectivity index (χ1v) is 14.8. The van der Waals surface area contributed by atoms with Crippen molar-refractivity contribution in [2.75, 3.05) is 31.0 Å². The summed E-state index contributed by atoms with van der Waals surface area (Å²) in [4.78, 5) is 79.2. The summed E-state index contributed by atoms with van der Waals surface area (Å²) in [5.41, 5.74) is -0.762. The van der Waals surface area contributed by atoms with Crippen molar-refractivity contribution in [3.8, 4) is 11.5 Å². The summed E-state index contributed by atoms with van der Waals surface area (Å²) in [5, 5.41) is 35.0. The number of imide groups is 1. The molecule has 236 valence electrons. The molecule has 14 nitrogen and oxygen atoms in total. The van der Waals surface area contributed by atoms with Gasteiger partial charge < -0.3 is 14.7 Å². The number of nitro groups is 2. The molecule has 4 aliphatic rings. The molecular weight excluding hydrogens is 668 g/mol. The molecule has 1 fully saturated rings. The van der Waals surface area contributed by atoms with E-state index in [1.807, 2.05) is 0 Å². The number of phenols is 1. The standard InChI is InChI=1S/C31H25BrN4O10/c1-33(2)28-21(35(42)43)8-13(9-22(28)36(44)45)34-30(40)17-7-6-15-18(26(17)31(34)41)11-19-27(24(38)12-20(32)29(19)39)25(15)16-5-4-14(46-3)10-23(16)37/h4-6,8-10,12,17-18,25-26,37H,7,11H2,1-3H3/t17-,18+,25+,26-/m0/s1. The van der Waals surface area contributed by atoms with Crippen LogP contribution in [0.5, 0.6) is 11.5 Å². The Morgan fingerprint density at radius 3 is 2.22 bits per heavy atom. The maximum absolute atomic E-state index is 14.2. The molecular formula is C31H25BrN4O10. The van der Waals surface area contributed by atoms with E-state index in [4.69, 9.17) is 4.74 Å². The van der Waals surface area contributed by atoms with Gasteiger partial charge in [-0.15, -0.1) is 0 Å². The van der Waals surface area contributed by atoms with Crippen LogP contribution in [0.4, 0.5) is 22.7 Å². The van der Waals surface area contributed by atoms with Crippen molar-refractivity contribution in [2.24, 2.45) is 17.8 Å². The number of hydrogen-bond acceptors (Lipinski definition) is 11. The van der Waals surface area contributed by atoms with Gasteiger partial charge in [-0.25, -0.2) is 4.90 Å². The van der Waals surface area contributed by atoms with E-state index in [0.29, 0.717) is 16.9 Å². The lowest BCUT2D eigenvalue weighted by Gasteiger charge is -2.42. The number of nitro benzene ring substituents is 2. The largest absolute Gasteiger partial charge is 0.507 e. The number of methoxy groups -OCH3 is 1. The number of phenolic OH excluding ortho intramolecular Hbond substituents is 1. The van der Waals surface area contributed by atoms with Gasteiger partial charge in [0, 0.05) is 61.0 Å². The van der Waals surface area contributed by atoms with E-state index in [1.165, 1.54) is 38.2 Å². The van der Waals surface area contributed by atoms with Gasteiger partial charge in [0.1, 0.15) is 11.5 Å². The third-order valence-corrected chi connectivity index (χ3v) is 9.62. The maximum atomic E-state index is 14.2. The SMILES string of the molecule is COc1ccc([C@H]2C3=CC[C@@H]4C(=O)N(c5cc([N+](=O)[O-])c(N(C)C)c([N+](=O)[O-])c5)C(=O)[C@@H]4[C@@H]3CC3=C2C(=O)C=C(Br)C3=O)c(O)c1. The summed E-state index contributed by atoms with van der Waals surface area (Å²) in [6.07, 6.45) is 2.90.